The van der Waals surface area contributed by atoms with Crippen molar-refractivity contribution in [3.63, 3.8) is 0 Å². The summed E-state index contributed by atoms with van der Waals surface area (Å²) in [6.07, 6.45) is 9.93. The minimum absolute atomic E-state index is 0.278. The van der Waals surface area contributed by atoms with Gasteiger partial charge in [-0.2, -0.15) is 10.5 Å². The number of benzene rings is 2. The van der Waals surface area contributed by atoms with Gasteiger partial charge in [0.15, 0.2) is 0 Å². The molecule has 0 N–H and O–H groups in total. The van der Waals surface area contributed by atoms with Gasteiger partial charge in [-0.15, -0.1) is 6.58 Å². The van der Waals surface area contributed by atoms with Crippen LogP contribution >= 0.6 is 99.9 Å². The number of hydrogen-bond acceptors (Lipinski definition) is 3. The molecule has 3 nitrogen and oxygen atoms in total. The molecule has 4 rings (SSSR count). The second-order valence-corrected chi connectivity index (χ2v) is 56.3. The topological polar surface area (TPSA) is 64.7 Å². The number of nitriles is 2. The van der Waals surface area contributed by atoms with E-state index >= 15 is 0 Å². The Morgan fingerprint density at radius 3 is 1.62 bits per heavy atom. The molecule has 2 aromatic rings. The Morgan fingerprint density at radius 2 is 1.28 bits per heavy atom. The Bertz CT molecular complexity index is 1090. The number of rotatable bonds is 6. The van der Waals surface area contributed by atoms with E-state index in [2.05, 4.69) is 150 Å². The van der Waals surface area contributed by atoms with Crippen LogP contribution in [0.25, 0.3) is 0 Å². The van der Waals surface area contributed by atoms with Gasteiger partial charge in [0.05, 0.1) is 12.1 Å². The monoisotopic (exact) mass is 1160 g/mol. The summed E-state index contributed by atoms with van der Waals surface area (Å²) >= 11 is 12.1. The maximum atomic E-state index is 10.7. The Morgan fingerprint density at radius 1 is 0.897 bits per heavy atom. The molecular formula is C29H32I5N2OV2. The quantitative estimate of drug-likeness (QED) is 0.164. The molecule has 0 heterocycles. The van der Waals surface area contributed by atoms with Crippen molar-refractivity contribution in [3.05, 3.63) is 81.4 Å². The minimum atomic E-state index is -0.278. The van der Waals surface area contributed by atoms with Gasteiger partial charge in [-0.1, -0.05) is 30.3 Å². The predicted octanol–water partition coefficient (Wildman–Crippen LogP) is 10.8. The second kappa shape index (κ2) is 22.2. The second-order valence-electron chi connectivity index (χ2n) is 9.18. The van der Waals surface area contributed by atoms with Crippen molar-refractivity contribution in [1.29, 1.82) is 10.5 Å². The van der Waals surface area contributed by atoms with Crippen LogP contribution in [-0.4, -0.2) is 6.29 Å². The van der Waals surface area contributed by atoms with Gasteiger partial charge >= 0.3 is 114 Å². The van der Waals surface area contributed by atoms with Crippen molar-refractivity contribution < 1.29 is 19.2 Å². The van der Waals surface area contributed by atoms with Gasteiger partial charge in [0, 0.05) is 19.3 Å². The fourth-order valence-corrected chi connectivity index (χ4v) is 5.44. The first-order chi connectivity index (χ1) is 18.7. The normalized spacial score (nSPS) is 15.9. The number of fused-ring (bicyclic) bond motifs is 2. The summed E-state index contributed by atoms with van der Waals surface area (Å²) in [5, 5.41) is 17.7. The molecule has 10 heteroatoms. The van der Waals surface area contributed by atoms with Crippen molar-refractivity contribution in [3.8, 4) is 12.1 Å². The number of carbonyl (C=O) groups excluding carboxylic acids is 1. The summed E-state index contributed by atoms with van der Waals surface area (Å²) in [7, 11) is 0.628. The molecule has 0 amide bonds. The first-order valence-corrected chi connectivity index (χ1v) is 34.9. The van der Waals surface area contributed by atoms with E-state index in [0.29, 0.717) is 40.6 Å². The van der Waals surface area contributed by atoms with Crippen LogP contribution in [-0.2, 0) is 44.9 Å². The zero-order chi connectivity index (χ0) is 29.4. The third kappa shape index (κ3) is 13.0. The average molecular weight is 1160 g/mol. The molecular weight excluding hydrogens is 1130 g/mol. The Balaban J connectivity index is 0.000000316. The van der Waals surface area contributed by atoms with E-state index in [9.17, 15) is 4.79 Å². The first kappa shape index (κ1) is 38.7. The molecule has 0 fully saturated rings. The molecule has 0 aliphatic heterocycles. The number of nitrogens with zero attached hydrogens (tertiary/aromatic N) is 2. The van der Waals surface area contributed by atoms with Crippen molar-refractivity contribution in [2.75, 3.05) is 0 Å². The molecule has 0 unspecified atom stereocenters. The van der Waals surface area contributed by atoms with Crippen LogP contribution in [0, 0.1) is 36.5 Å². The van der Waals surface area contributed by atoms with Crippen LogP contribution in [0.2, 0.25) is 0 Å². The number of hydrogen-bond donors (Lipinski definition) is 0. The van der Waals surface area contributed by atoms with Crippen molar-refractivity contribution in [2.24, 2.45) is 0 Å². The fraction of sp³-hybridized carbons (Fsp3) is 0.414. The van der Waals surface area contributed by atoms with E-state index in [-0.39, 0.29) is 4.92 Å². The summed E-state index contributed by atoms with van der Waals surface area (Å²) in [4.78, 5) is 10.4. The molecule has 0 radical (unpaired) electrons. The standard InChI is InChI=1S/C15H17N.C14H15NO.5HI.2V/c1-3-4-14-11(2)5-6-12-7-8-13(9-10-16)15(12)14;1-10-2-3-11-4-5-12(6-8-15)14(11)13(10)7-9-16;;;;;;;/h3,5-6,13H,1,4,7-9H2,2H3;2-3,9,12H,4-7H2,1H3;5*1H;;/q;;;;;;;+2;+3/p-5/t13-;12-;;;;;;;/m00......./s1. The van der Waals surface area contributed by atoms with Crippen LogP contribution in [0.1, 0.15) is 82.0 Å². The first-order valence-electron chi connectivity index (χ1n) is 12.4. The maximum absolute atomic E-state index is 10.7. The summed E-state index contributed by atoms with van der Waals surface area (Å²) in [6.45, 7) is 8.02. The van der Waals surface area contributed by atoms with E-state index in [4.69, 9.17) is 10.5 Å². The summed E-state index contributed by atoms with van der Waals surface area (Å²) in [6, 6.07) is 13.2. The molecule has 209 valence electrons. The van der Waals surface area contributed by atoms with Gasteiger partial charge in [0.25, 0.3) is 0 Å². The van der Waals surface area contributed by atoms with Crippen LogP contribution in [0.3, 0.4) is 0 Å². The molecule has 39 heavy (non-hydrogen) atoms. The van der Waals surface area contributed by atoms with E-state index < -0.39 is 0 Å². The molecule has 0 aromatic heterocycles. The Labute approximate surface area is 301 Å². The van der Waals surface area contributed by atoms with Crippen LogP contribution < -0.4 is 0 Å². The third-order valence-electron chi connectivity index (χ3n) is 7.02. The number of halogens is 5. The summed E-state index contributed by atoms with van der Waals surface area (Å²) in [5.41, 5.74) is 10.6. The zero-order valence-corrected chi connectivity index (χ0v) is 35.7. The Hall–Kier alpha value is 1.65. The van der Waals surface area contributed by atoms with Crippen molar-refractivity contribution >= 4 is 106 Å². The number of allylic oxidation sites excluding steroid dienone is 1. The van der Waals surface area contributed by atoms with Gasteiger partial charge in [0.1, 0.15) is 6.29 Å². The van der Waals surface area contributed by atoms with E-state index in [1.54, 1.807) is 0 Å². The number of carbonyl (C=O) groups is 1. The summed E-state index contributed by atoms with van der Waals surface area (Å²) in [5.74, 6) is 0.796. The van der Waals surface area contributed by atoms with E-state index in [0.717, 1.165) is 44.0 Å². The molecule has 2 aromatic carbocycles. The van der Waals surface area contributed by atoms with E-state index in [1.807, 2.05) is 13.0 Å². The van der Waals surface area contributed by atoms with Crippen molar-refractivity contribution in [2.45, 2.75) is 77.0 Å². The fourth-order valence-electron chi connectivity index (χ4n) is 5.44. The number of aryl methyl sites for hydroxylation is 4. The van der Waals surface area contributed by atoms with Gasteiger partial charge in [-0.3, -0.25) is 0 Å². The van der Waals surface area contributed by atoms with Crippen LogP contribution in [0.4, 0.5) is 0 Å². The van der Waals surface area contributed by atoms with Gasteiger partial charge in [-0.25, -0.2) is 0 Å². The van der Waals surface area contributed by atoms with Crippen molar-refractivity contribution in [1.82, 2.24) is 0 Å². The predicted molar refractivity (Wildman–Crippen MR) is 199 cm³/mol. The molecule has 2 aliphatic rings. The van der Waals surface area contributed by atoms with Gasteiger partial charge < -0.3 is 4.79 Å². The zero-order valence-electron chi connectivity index (χ0n) is 22.1. The molecule has 2 atom stereocenters. The third-order valence-corrected chi connectivity index (χ3v) is 7.02. The molecule has 0 spiro atoms. The molecule has 2 aliphatic carbocycles. The molecule has 0 saturated carbocycles. The number of aldehydes is 1. The SMILES string of the molecule is C=CCc1c(C)ccc2c1[C@H](CC#N)CC2.Cc1ccc2c(c1CC=O)[C@H](CC#N)CC2.[I][V]([I])[I].[I][V][I]. The van der Waals surface area contributed by atoms with Gasteiger partial charge in [-0.05, 0) is 102 Å². The Kier molecular flexibility index (Phi) is 22.0. The van der Waals surface area contributed by atoms with Crippen LogP contribution in [0.5, 0.6) is 0 Å². The summed E-state index contributed by atoms with van der Waals surface area (Å²) < 4.78 is 0. The molecule has 0 saturated heterocycles. The van der Waals surface area contributed by atoms with Crippen LogP contribution in [0.15, 0.2) is 36.9 Å². The molecule has 0 bridgehead atoms. The van der Waals surface area contributed by atoms with E-state index in [1.165, 1.54) is 38.9 Å². The van der Waals surface area contributed by atoms with Gasteiger partial charge in [0.2, 0.25) is 0 Å². The average Bonchev–Trinajstić information content (AvgIpc) is 3.48.